The minimum Gasteiger partial charge on any atom is -0.540 e. The van der Waals surface area contributed by atoms with Crippen LogP contribution in [-0.2, 0) is 0 Å². The first-order valence-electron chi connectivity index (χ1n) is 8.58. The van der Waals surface area contributed by atoms with E-state index in [9.17, 15) is 9.59 Å². The van der Waals surface area contributed by atoms with Crippen LogP contribution in [0, 0.1) is 0 Å². The lowest BCUT2D eigenvalue weighted by molar-refractivity contribution is 0.110. The summed E-state index contributed by atoms with van der Waals surface area (Å²) in [4.78, 5) is 23.0. The van der Waals surface area contributed by atoms with Gasteiger partial charge in [-0.15, -0.1) is 0 Å². The number of halogens is 1. The smallest absolute Gasteiger partial charge is 0.409 e. The first kappa shape index (κ1) is 22.7. The molecule has 0 heterocycles. The molecule has 0 saturated heterocycles. The zero-order chi connectivity index (χ0) is 20.2. The van der Waals surface area contributed by atoms with E-state index < -0.39 is 14.4 Å². The van der Waals surface area contributed by atoms with Gasteiger partial charge in [-0.3, -0.25) is 10.1 Å². The molecule has 0 spiro atoms. The zero-order valence-electron chi connectivity index (χ0n) is 16.3. The number of carbonyl (C=O) groups is 2. The van der Waals surface area contributed by atoms with Crippen molar-refractivity contribution in [2.45, 2.75) is 58.2 Å². The molecule has 1 amide bonds. The van der Waals surface area contributed by atoms with Crippen LogP contribution in [0.15, 0.2) is 12.1 Å². The standard InChI is InChI=1S/C18H28INO5Si/c1-10(2)26(11(3)4,12(5)6)25-16-9-14(20-18(22)23)13(17(19)21)8-15(16)24-7/h8-12,20H,1-7H3,(H,22,23). The van der Waals surface area contributed by atoms with Gasteiger partial charge in [0.05, 0.1) is 18.4 Å². The van der Waals surface area contributed by atoms with Gasteiger partial charge in [-0.1, -0.05) is 41.5 Å². The molecule has 0 unspecified atom stereocenters. The average Bonchev–Trinajstić information content (AvgIpc) is 2.50. The molecule has 0 radical (unpaired) electrons. The van der Waals surface area contributed by atoms with Gasteiger partial charge in [-0.25, -0.2) is 4.79 Å². The highest BCUT2D eigenvalue weighted by atomic mass is 127. The van der Waals surface area contributed by atoms with Crippen LogP contribution in [0.3, 0.4) is 0 Å². The summed E-state index contributed by atoms with van der Waals surface area (Å²) in [5.41, 5.74) is 1.46. The van der Waals surface area contributed by atoms with E-state index in [1.165, 1.54) is 13.2 Å². The maximum Gasteiger partial charge on any atom is 0.409 e. The van der Waals surface area contributed by atoms with E-state index in [2.05, 4.69) is 46.9 Å². The molecular weight excluding hydrogens is 465 g/mol. The number of benzene rings is 1. The number of hydrogen-bond donors (Lipinski definition) is 2. The van der Waals surface area contributed by atoms with Crippen molar-refractivity contribution in [1.82, 2.24) is 0 Å². The second kappa shape index (κ2) is 9.07. The van der Waals surface area contributed by atoms with Gasteiger partial charge in [-0.2, -0.15) is 0 Å². The first-order chi connectivity index (χ1) is 12.0. The quantitative estimate of drug-likeness (QED) is 0.267. The molecule has 8 heteroatoms. The van der Waals surface area contributed by atoms with Crippen molar-refractivity contribution in [2.24, 2.45) is 0 Å². The van der Waals surface area contributed by atoms with Gasteiger partial charge in [0.15, 0.2) is 5.75 Å². The fourth-order valence-corrected chi connectivity index (χ4v) is 9.42. The van der Waals surface area contributed by atoms with E-state index in [0.717, 1.165) is 0 Å². The van der Waals surface area contributed by atoms with E-state index >= 15 is 0 Å². The summed E-state index contributed by atoms with van der Waals surface area (Å²) in [5.74, 6) is 0.903. The molecule has 6 nitrogen and oxygen atoms in total. The van der Waals surface area contributed by atoms with Crippen LogP contribution < -0.4 is 14.5 Å². The normalized spacial score (nSPS) is 11.8. The number of hydrogen-bond acceptors (Lipinski definition) is 4. The molecule has 0 aliphatic rings. The van der Waals surface area contributed by atoms with Crippen molar-refractivity contribution in [1.29, 1.82) is 0 Å². The van der Waals surface area contributed by atoms with Gasteiger partial charge in [0.1, 0.15) is 5.75 Å². The van der Waals surface area contributed by atoms with Gasteiger partial charge in [-0.05, 0) is 22.7 Å². The summed E-state index contributed by atoms with van der Waals surface area (Å²) in [5, 5.41) is 11.4. The molecule has 0 fully saturated rings. The van der Waals surface area contributed by atoms with Gasteiger partial charge in [0, 0.05) is 28.7 Å². The van der Waals surface area contributed by atoms with Crippen molar-refractivity contribution >= 4 is 46.5 Å². The molecule has 0 atom stereocenters. The highest BCUT2D eigenvalue weighted by Gasteiger charge is 2.47. The number of rotatable bonds is 8. The third-order valence-corrected chi connectivity index (χ3v) is 11.3. The predicted octanol–water partition coefficient (Wildman–Crippen LogP) is 5.91. The van der Waals surface area contributed by atoms with E-state index in [1.54, 1.807) is 28.7 Å². The lowest BCUT2D eigenvalue weighted by Crippen LogP contribution is -2.50. The van der Waals surface area contributed by atoms with Gasteiger partial charge in [0.25, 0.3) is 8.32 Å². The lowest BCUT2D eigenvalue weighted by atomic mass is 10.1. The van der Waals surface area contributed by atoms with Crippen LogP contribution in [0.4, 0.5) is 10.5 Å². The van der Waals surface area contributed by atoms with Crippen molar-refractivity contribution in [2.75, 3.05) is 12.4 Å². The van der Waals surface area contributed by atoms with Crippen LogP contribution in [0.5, 0.6) is 11.5 Å². The minimum atomic E-state index is -2.27. The van der Waals surface area contributed by atoms with Crippen LogP contribution in [0.2, 0.25) is 16.6 Å². The Morgan fingerprint density at radius 3 is 1.88 bits per heavy atom. The number of nitrogens with one attached hydrogen (secondary N) is 1. The molecule has 0 aliphatic carbocycles. The Kier molecular flexibility index (Phi) is 7.94. The number of anilines is 1. The zero-order valence-corrected chi connectivity index (χ0v) is 19.5. The maximum absolute atomic E-state index is 11.9. The third kappa shape index (κ3) is 4.70. The van der Waals surface area contributed by atoms with Crippen LogP contribution >= 0.6 is 22.6 Å². The summed E-state index contributed by atoms with van der Waals surface area (Å²) in [7, 11) is -0.754. The number of carbonyl (C=O) groups excluding carboxylic acids is 1. The second-order valence-electron chi connectivity index (χ2n) is 7.17. The van der Waals surface area contributed by atoms with Gasteiger partial charge in [0.2, 0.25) is 3.79 Å². The topological polar surface area (TPSA) is 84.9 Å². The van der Waals surface area contributed by atoms with Crippen LogP contribution in [-0.4, -0.2) is 30.4 Å². The SMILES string of the molecule is COc1cc(C(=O)I)c(NC(=O)O)cc1O[Si](C(C)C)(C(C)C)C(C)C. The fraction of sp³-hybridized carbons (Fsp3) is 0.556. The summed E-state index contributed by atoms with van der Waals surface area (Å²) in [6.07, 6.45) is -1.24. The molecule has 0 aliphatic heterocycles. The second-order valence-corrected chi connectivity index (χ2v) is 13.5. The molecule has 1 aromatic carbocycles. The van der Waals surface area contributed by atoms with E-state index in [1.807, 2.05) is 0 Å². The van der Waals surface area contributed by atoms with E-state index in [4.69, 9.17) is 14.3 Å². The Labute approximate surface area is 169 Å². The van der Waals surface area contributed by atoms with Gasteiger partial charge < -0.3 is 14.3 Å². The van der Waals surface area contributed by atoms with Crippen LogP contribution in [0.1, 0.15) is 51.9 Å². The summed E-state index contributed by atoms with van der Waals surface area (Å²) >= 11 is 1.63. The van der Waals surface area contributed by atoms with Crippen LogP contribution in [0.25, 0.3) is 0 Å². The first-order valence-corrected chi connectivity index (χ1v) is 11.8. The van der Waals surface area contributed by atoms with Crippen molar-refractivity contribution < 1.29 is 23.9 Å². The highest BCUT2D eigenvalue weighted by Crippen LogP contribution is 2.46. The van der Waals surface area contributed by atoms with E-state index in [-0.39, 0.29) is 15.0 Å². The summed E-state index contributed by atoms with van der Waals surface area (Å²) < 4.78 is 11.8. The molecule has 146 valence electrons. The Morgan fingerprint density at radius 2 is 1.54 bits per heavy atom. The van der Waals surface area contributed by atoms with Crippen molar-refractivity contribution in [3.63, 3.8) is 0 Å². The third-order valence-electron chi connectivity index (χ3n) is 4.75. The average molecular weight is 493 g/mol. The number of methoxy groups -OCH3 is 1. The molecule has 0 bridgehead atoms. The molecule has 0 saturated carbocycles. The van der Waals surface area contributed by atoms with Gasteiger partial charge >= 0.3 is 6.09 Å². The fourth-order valence-electron chi connectivity index (χ4n) is 3.72. The minimum absolute atomic E-state index is 0.201. The molecule has 26 heavy (non-hydrogen) atoms. The number of amides is 1. The monoisotopic (exact) mass is 493 g/mol. The molecule has 1 aromatic rings. The number of carboxylic acid groups (broad SMARTS) is 1. The summed E-state index contributed by atoms with van der Waals surface area (Å²) in [6.45, 7) is 13.0. The summed E-state index contributed by atoms with van der Waals surface area (Å²) in [6, 6.07) is 3.10. The Bertz CT molecular complexity index is 654. The Balaban J connectivity index is 3.59. The molecule has 1 rings (SSSR count). The highest BCUT2D eigenvalue weighted by molar-refractivity contribution is 14.1. The predicted molar refractivity (Wildman–Crippen MR) is 115 cm³/mol. The largest absolute Gasteiger partial charge is 0.540 e. The molecular formula is C18H28INO5Si. The van der Waals surface area contributed by atoms with Crippen molar-refractivity contribution in [3.05, 3.63) is 17.7 Å². The molecule has 2 N–H and O–H groups in total. The number of ether oxygens (including phenoxy) is 1. The van der Waals surface area contributed by atoms with E-state index in [0.29, 0.717) is 28.1 Å². The Morgan fingerprint density at radius 1 is 1.04 bits per heavy atom. The lowest BCUT2D eigenvalue weighted by Gasteiger charge is -2.42. The Hall–Kier alpha value is -1.29. The molecule has 0 aromatic heterocycles. The van der Waals surface area contributed by atoms with Crippen molar-refractivity contribution in [3.8, 4) is 11.5 Å². The maximum atomic E-state index is 11.9.